The van der Waals surface area contributed by atoms with E-state index in [1.807, 2.05) is 12.1 Å². The van der Waals surface area contributed by atoms with E-state index in [0.717, 1.165) is 29.9 Å². The molecular weight excluding hydrogens is 429 g/mol. The number of unbranched alkanes of at least 4 members (excludes halogenated alkanes) is 1. The van der Waals surface area contributed by atoms with Gasteiger partial charge in [0.05, 0.1) is 0 Å². The zero-order valence-electron chi connectivity index (χ0n) is 20.8. The Morgan fingerprint density at radius 3 is 1.59 bits per heavy atom. The van der Waals surface area contributed by atoms with Crippen molar-refractivity contribution in [3.05, 3.63) is 59.4 Å². The molecule has 0 amide bonds. The molecule has 0 aromatic heterocycles. The predicted molar refractivity (Wildman–Crippen MR) is 135 cm³/mol. The summed E-state index contributed by atoms with van der Waals surface area (Å²) in [4.78, 5) is 0. The van der Waals surface area contributed by atoms with E-state index < -0.39 is 17.5 Å². The second-order valence-electron chi connectivity index (χ2n) is 11.1. The Bertz CT molecular complexity index is 864. The van der Waals surface area contributed by atoms with E-state index in [-0.39, 0.29) is 0 Å². The third-order valence-electron chi connectivity index (χ3n) is 8.68. The molecule has 2 aromatic carbocycles. The van der Waals surface area contributed by atoms with Gasteiger partial charge in [0.1, 0.15) is 0 Å². The fraction of sp³-hybridized carbons (Fsp3) is 0.613. The van der Waals surface area contributed by atoms with Gasteiger partial charge in [-0.2, -0.15) is 0 Å². The first kappa shape index (κ1) is 25.3. The van der Waals surface area contributed by atoms with Gasteiger partial charge in [0, 0.05) is 0 Å². The zero-order chi connectivity index (χ0) is 23.9. The summed E-state index contributed by atoms with van der Waals surface area (Å²) in [7, 11) is 0. The molecule has 2 aromatic rings. The maximum Gasteiger partial charge on any atom is 0.194 e. The van der Waals surface area contributed by atoms with E-state index in [0.29, 0.717) is 17.0 Å². The summed E-state index contributed by atoms with van der Waals surface area (Å²) in [6.07, 6.45) is 19.4. The van der Waals surface area contributed by atoms with Crippen LogP contribution < -0.4 is 0 Å². The van der Waals surface area contributed by atoms with Crippen LogP contribution in [-0.2, 0) is 0 Å². The monoisotopic (exact) mass is 470 g/mol. The Labute approximate surface area is 204 Å². The van der Waals surface area contributed by atoms with Crippen molar-refractivity contribution in [3.8, 4) is 11.1 Å². The van der Waals surface area contributed by atoms with Gasteiger partial charge in [-0.15, -0.1) is 0 Å². The summed E-state index contributed by atoms with van der Waals surface area (Å²) >= 11 is 0. The van der Waals surface area contributed by atoms with E-state index in [9.17, 15) is 13.2 Å². The minimum absolute atomic E-state index is 0.376. The second kappa shape index (κ2) is 12.3. The smallest absolute Gasteiger partial charge is 0.194 e. The Morgan fingerprint density at radius 1 is 0.618 bits per heavy atom. The lowest BCUT2D eigenvalue weighted by Crippen LogP contribution is -2.15. The van der Waals surface area contributed by atoms with E-state index >= 15 is 0 Å². The van der Waals surface area contributed by atoms with Crippen molar-refractivity contribution in [2.75, 3.05) is 0 Å². The molecule has 0 N–H and O–H groups in total. The molecule has 2 aliphatic carbocycles. The van der Waals surface area contributed by atoms with Crippen molar-refractivity contribution in [1.82, 2.24) is 0 Å². The highest BCUT2D eigenvalue weighted by atomic mass is 19.2. The summed E-state index contributed by atoms with van der Waals surface area (Å²) in [5.74, 6) is -0.234. The van der Waals surface area contributed by atoms with Gasteiger partial charge < -0.3 is 0 Å². The molecule has 0 bridgehead atoms. The van der Waals surface area contributed by atoms with Gasteiger partial charge in [-0.25, -0.2) is 13.2 Å². The molecule has 0 saturated heterocycles. The maximum atomic E-state index is 13.6. The minimum Gasteiger partial charge on any atom is -0.204 e. The van der Waals surface area contributed by atoms with Crippen molar-refractivity contribution in [3.63, 3.8) is 0 Å². The number of benzene rings is 2. The van der Waals surface area contributed by atoms with Crippen molar-refractivity contribution < 1.29 is 13.2 Å². The Kier molecular flexibility index (Phi) is 9.14. The first-order valence-corrected chi connectivity index (χ1v) is 13.8. The van der Waals surface area contributed by atoms with Crippen LogP contribution in [0.2, 0.25) is 0 Å². The molecule has 4 rings (SSSR count). The van der Waals surface area contributed by atoms with E-state index in [4.69, 9.17) is 0 Å². The van der Waals surface area contributed by atoms with Crippen LogP contribution in [-0.4, -0.2) is 0 Å². The van der Waals surface area contributed by atoms with Crippen LogP contribution >= 0.6 is 0 Å². The SMILES string of the molecule is CCC[C@H]1CC[C@H](CCCC[C@H]2CC[C@H](c3ccc(-c4cc(F)c(F)c(F)c4)cc3)CC2)CC1. The second-order valence-corrected chi connectivity index (χ2v) is 11.1. The van der Waals surface area contributed by atoms with Gasteiger partial charge in [0.15, 0.2) is 17.5 Å². The molecule has 0 spiro atoms. The first-order valence-electron chi connectivity index (χ1n) is 13.8. The molecule has 0 radical (unpaired) electrons. The third kappa shape index (κ3) is 6.67. The highest BCUT2D eigenvalue weighted by molar-refractivity contribution is 5.64. The molecule has 0 nitrogen and oxygen atoms in total. The lowest BCUT2D eigenvalue weighted by Gasteiger charge is -2.30. The van der Waals surface area contributed by atoms with E-state index in [1.165, 1.54) is 95.5 Å². The summed E-state index contributed by atoms with van der Waals surface area (Å²) in [5.41, 5.74) is 2.40. The third-order valence-corrected chi connectivity index (χ3v) is 8.68. The van der Waals surface area contributed by atoms with Crippen LogP contribution in [0.5, 0.6) is 0 Å². The van der Waals surface area contributed by atoms with Crippen molar-refractivity contribution in [2.24, 2.45) is 17.8 Å². The molecule has 34 heavy (non-hydrogen) atoms. The molecule has 2 aliphatic rings. The largest absolute Gasteiger partial charge is 0.204 e. The summed E-state index contributed by atoms with van der Waals surface area (Å²) in [6.45, 7) is 2.32. The van der Waals surface area contributed by atoms with Crippen LogP contribution in [0.3, 0.4) is 0 Å². The first-order chi connectivity index (χ1) is 16.5. The quantitative estimate of drug-likeness (QED) is 0.252. The number of hydrogen-bond donors (Lipinski definition) is 0. The van der Waals surface area contributed by atoms with Crippen molar-refractivity contribution in [2.45, 2.75) is 103 Å². The van der Waals surface area contributed by atoms with Crippen LogP contribution in [0.25, 0.3) is 11.1 Å². The van der Waals surface area contributed by atoms with Crippen LogP contribution in [0.15, 0.2) is 36.4 Å². The number of halogens is 3. The standard InChI is InChI=1S/C31H41F3/c1-2-5-22-8-10-23(11-9-22)6-3-4-7-24-12-14-25(15-13-24)26-16-18-27(19-17-26)28-20-29(32)31(34)30(33)21-28/h16-25H,2-15H2,1H3/t22-,23-,24-,25-. The number of hydrogen-bond acceptors (Lipinski definition) is 0. The Balaban J connectivity index is 1.16. The van der Waals surface area contributed by atoms with Crippen molar-refractivity contribution >= 4 is 0 Å². The average molecular weight is 471 g/mol. The van der Waals surface area contributed by atoms with E-state index in [2.05, 4.69) is 19.1 Å². The highest BCUT2D eigenvalue weighted by Gasteiger charge is 2.23. The van der Waals surface area contributed by atoms with Gasteiger partial charge >= 0.3 is 0 Å². The molecular formula is C31H41F3. The Hall–Kier alpha value is -1.77. The molecule has 0 aliphatic heterocycles. The average Bonchev–Trinajstić information content (AvgIpc) is 2.86. The fourth-order valence-corrected chi connectivity index (χ4v) is 6.54. The summed E-state index contributed by atoms with van der Waals surface area (Å²) in [6, 6.07) is 10.1. The van der Waals surface area contributed by atoms with Crippen molar-refractivity contribution in [1.29, 1.82) is 0 Å². The molecule has 0 atom stereocenters. The summed E-state index contributed by atoms with van der Waals surface area (Å²) in [5, 5.41) is 0. The molecule has 186 valence electrons. The molecule has 3 heteroatoms. The lowest BCUT2D eigenvalue weighted by molar-refractivity contribution is 0.243. The molecule has 0 unspecified atom stereocenters. The maximum absolute atomic E-state index is 13.6. The fourth-order valence-electron chi connectivity index (χ4n) is 6.54. The van der Waals surface area contributed by atoms with Crippen LogP contribution in [0, 0.1) is 35.2 Å². The summed E-state index contributed by atoms with van der Waals surface area (Å²) < 4.78 is 40.4. The van der Waals surface area contributed by atoms with Gasteiger partial charge in [0.2, 0.25) is 0 Å². The molecule has 2 saturated carbocycles. The minimum atomic E-state index is -1.41. The van der Waals surface area contributed by atoms with Crippen LogP contribution in [0.4, 0.5) is 13.2 Å². The normalized spacial score (nSPS) is 25.4. The molecule has 2 fully saturated rings. The highest BCUT2D eigenvalue weighted by Crippen LogP contribution is 2.39. The van der Waals surface area contributed by atoms with Gasteiger partial charge in [-0.1, -0.05) is 95.4 Å². The predicted octanol–water partition coefficient (Wildman–Crippen LogP) is 10.2. The van der Waals surface area contributed by atoms with Gasteiger partial charge in [-0.3, -0.25) is 0 Å². The van der Waals surface area contributed by atoms with Crippen LogP contribution in [0.1, 0.15) is 108 Å². The topological polar surface area (TPSA) is 0 Å². The lowest BCUT2D eigenvalue weighted by atomic mass is 9.76. The zero-order valence-corrected chi connectivity index (χ0v) is 20.8. The molecule has 0 heterocycles. The van der Waals surface area contributed by atoms with Gasteiger partial charge in [-0.05, 0) is 78.2 Å². The van der Waals surface area contributed by atoms with E-state index in [1.54, 1.807) is 0 Å². The van der Waals surface area contributed by atoms with Gasteiger partial charge in [0.25, 0.3) is 0 Å². The number of rotatable bonds is 9. The Morgan fingerprint density at radius 2 is 1.09 bits per heavy atom.